The van der Waals surface area contributed by atoms with Crippen LogP contribution in [-0.4, -0.2) is 39.4 Å². The molecule has 0 saturated carbocycles. The average Bonchev–Trinajstić information content (AvgIpc) is 2.94. The van der Waals surface area contributed by atoms with E-state index in [-0.39, 0.29) is 12.1 Å². The lowest BCUT2D eigenvalue weighted by Gasteiger charge is -2.21. The molecule has 0 aliphatic carbocycles. The minimum absolute atomic E-state index is 0.145. The van der Waals surface area contributed by atoms with Crippen molar-refractivity contribution in [1.82, 2.24) is 10.6 Å². The van der Waals surface area contributed by atoms with E-state index in [9.17, 15) is 4.79 Å². The molecule has 0 spiro atoms. The predicted octanol–water partition coefficient (Wildman–Crippen LogP) is 2.66. The van der Waals surface area contributed by atoms with Crippen molar-refractivity contribution >= 4 is 27.7 Å². The van der Waals surface area contributed by atoms with Crippen molar-refractivity contribution in [3.05, 3.63) is 28.2 Å². The number of nitrogens with zero attached hydrogens (tertiary/aromatic N) is 1. The van der Waals surface area contributed by atoms with Crippen molar-refractivity contribution in [2.45, 2.75) is 25.4 Å². The highest BCUT2D eigenvalue weighted by atomic mass is 79.9. The van der Waals surface area contributed by atoms with Crippen LogP contribution >= 0.6 is 15.9 Å². The summed E-state index contributed by atoms with van der Waals surface area (Å²) in [5.41, 5.74) is 2.41. The Bertz CT molecular complexity index is 510. The average molecular weight is 356 g/mol. The molecule has 5 nitrogen and oxygen atoms in total. The third-order valence-electron chi connectivity index (χ3n) is 3.94. The van der Waals surface area contributed by atoms with Crippen LogP contribution < -0.4 is 15.5 Å². The molecule has 2 unspecified atom stereocenters. The standard InChI is InChI=1S/C15H22BrN3O2/c1-10(17-2)13-5-4-12(8-14(13)16)19-7-6-11(9-19)18-15(20)21-3/h4-5,8,10-11,17H,6-7,9H2,1-3H3,(H,18,20). The molecule has 1 aromatic carbocycles. The Labute approximate surface area is 134 Å². The number of amides is 1. The lowest BCUT2D eigenvalue weighted by Crippen LogP contribution is -2.36. The van der Waals surface area contributed by atoms with Crippen LogP contribution in [0.2, 0.25) is 0 Å². The molecule has 1 amide bonds. The van der Waals surface area contributed by atoms with Crippen molar-refractivity contribution < 1.29 is 9.53 Å². The van der Waals surface area contributed by atoms with Crippen LogP contribution in [0.4, 0.5) is 10.5 Å². The number of anilines is 1. The van der Waals surface area contributed by atoms with Gasteiger partial charge < -0.3 is 20.3 Å². The van der Waals surface area contributed by atoms with Crippen LogP contribution in [0.25, 0.3) is 0 Å². The summed E-state index contributed by atoms with van der Waals surface area (Å²) in [7, 11) is 3.34. The van der Waals surface area contributed by atoms with Crippen LogP contribution in [0.1, 0.15) is 24.9 Å². The van der Waals surface area contributed by atoms with E-state index in [1.807, 2.05) is 7.05 Å². The van der Waals surface area contributed by atoms with E-state index in [4.69, 9.17) is 0 Å². The molecule has 0 bridgehead atoms. The Morgan fingerprint density at radius 3 is 2.90 bits per heavy atom. The number of alkyl carbamates (subject to hydrolysis) is 1. The highest BCUT2D eigenvalue weighted by Gasteiger charge is 2.24. The van der Waals surface area contributed by atoms with Gasteiger partial charge in [-0.15, -0.1) is 0 Å². The summed E-state index contributed by atoms with van der Waals surface area (Å²) in [6, 6.07) is 6.87. The van der Waals surface area contributed by atoms with E-state index in [0.717, 1.165) is 24.0 Å². The maximum atomic E-state index is 11.3. The largest absolute Gasteiger partial charge is 0.453 e. The maximum Gasteiger partial charge on any atom is 0.407 e. The molecule has 1 aromatic rings. The van der Waals surface area contributed by atoms with Gasteiger partial charge >= 0.3 is 6.09 Å². The molecule has 2 N–H and O–H groups in total. The van der Waals surface area contributed by atoms with Gasteiger partial charge in [0.05, 0.1) is 13.2 Å². The Hall–Kier alpha value is -1.27. The lowest BCUT2D eigenvalue weighted by molar-refractivity contribution is 0.167. The van der Waals surface area contributed by atoms with Crippen LogP contribution in [0.3, 0.4) is 0 Å². The van der Waals surface area contributed by atoms with Gasteiger partial charge in [-0.2, -0.15) is 0 Å². The second-order valence-electron chi connectivity index (χ2n) is 5.28. The lowest BCUT2D eigenvalue weighted by atomic mass is 10.1. The molecular formula is C15H22BrN3O2. The number of methoxy groups -OCH3 is 1. The predicted molar refractivity (Wildman–Crippen MR) is 87.8 cm³/mol. The number of rotatable bonds is 4. The molecule has 6 heteroatoms. The third kappa shape index (κ3) is 3.89. The van der Waals surface area contributed by atoms with Gasteiger partial charge in [0.2, 0.25) is 0 Å². The number of carbonyl (C=O) groups is 1. The van der Waals surface area contributed by atoms with E-state index in [0.29, 0.717) is 6.04 Å². The smallest absolute Gasteiger partial charge is 0.407 e. The van der Waals surface area contributed by atoms with Gasteiger partial charge in [-0.25, -0.2) is 4.79 Å². The molecule has 1 aliphatic rings. The maximum absolute atomic E-state index is 11.3. The first-order valence-corrected chi connectivity index (χ1v) is 7.90. The monoisotopic (exact) mass is 355 g/mol. The van der Waals surface area contributed by atoms with Crippen LogP contribution in [-0.2, 0) is 4.74 Å². The van der Waals surface area contributed by atoms with Gasteiger partial charge in [0.25, 0.3) is 0 Å². The van der Waals surface area contributed by atoms with E-state index in [1.54, 1.807) is 0 Å². The third-order valence-corrected chi connectivity index (χ3v) is 4.63. The van der Waals surface area contributed by atoms with E-state index in [1.165, 1.54) is 18.4 Å². The SMILES string of the molecule is CNC(C)c1ccc(N2CCC(NC(=O)OC)C2)cc1Br. The number of benzene rings is 1. The summed E-state index contributed by atoms with van der Waals surface area (Å²) in [6.07, 6.45) is 0.572. The van der Waals surface area contributed by atoms with Gasteiger partial charge in [0.15, 0.2) is 0 Å². The summed E-state index contributed by atoms with van der Waals surface area (Å²) >= 11 is 3.65. The zero-order valence-corrected chi connectivity index (χ0v) is 14.2. The minimum atomic E-state index is -0.360. The number of ether oxygens (including phenoxy) is 1. The van der Waals surface area contributed by atoms with Crippen LogP contribution in [0, 0.1) is 0 Å². The van der Waals surface area contributed by atoms with Crippen LogP contribution in [0.15, 0.2) is 22.7 Å². The number of halogens is 1. The molecule has 2 rings (SSSR count). The van der Waals surface area contributed by atoms with Crippen molar-refractivity contribution in [2.75, 3.05) is 32.1 Å². The second kappa shape index (κ2) is 7.13. The fraction of sp³-hybridized carbons (Fsp3) is 0.533. The molecule has 21 heavy (non-hydrogen) atoms. The highest BCUT2D eigenvalue weighted by Crippen LogP contribution is 2.29. The zero-order chi connectivity index (χ0) is 15.4. The molecule has 1 heterocycles. The van der Waals surface area contributed by atoms with E-state index >= 15 is 0 Å². The fourth-order valence-electron chi connectivity index (χ4n) is 2.56. The first-order chi connectivity index (χ1) is 10.0. The Morgan fingerprint density at radius 1 is 1.52 bits per heavy atom. The highest BCUT2D eigenvalue weighted by molar-refractivity contribution is 9.10. The molecule has 2 atom stereocenters. The number of nitrogens with one attached hydrogen (secondary N) is 2. The molecule has 116 valence electrons. The van der Waals surface area contributed by atoms with Crippen molar-refractivity contribution in [1.29, 1.82) is 0 Å². The van der Waals surface area contributed by atoms with Crippen molar-refractivity contribution in [2.24, 2.45) is 0 Å². The molecule has 1 saturated heterocycles. The van der Waals surface area contributed by atoms with Gasteiger partial charge in [-0.05, 0) is 38.1 Å². The van der Waals surface area contributed by atoms with E-state index in [2.05, 4.69) is 61.3 Å². The minimum Gasteiger partial charge on any atom is -0.453 e. The normalized spacial score (nSPS) is 19.4. The molecule has 0 aromatic heterocycles. The summed E-state index contributed by atoms with van der Waals surface area (Å²) in [5.74, 6) is 0. The Kier molecular flexibility index (Phi) is 5.47. The van der Waals surface area contributed by atoms with Gasteiger partial charge in [0.1, 0.15) is 0 Å². The quantitative estimate of drug-likeness (QED) is 0.871. The van der Waals surface area contributed by atoms with E-state index < -0.39 is 0 Å². The van der Waals surface area contributed by atoms with Gasteiger partial charge in [-0.3, -0.25) is 0 Å². The van der Waals surface area contributed by atoms with Crippen LogP contribution in [0.5, 0.6) is 0 Å². The summed E-state index contributed by atoms with van der Waals surface area (Å²) in [5, 5.41) is 6.10. The van der Waals surface area contributed by atoms with Crippen molar-refractivity contribution in [3.8, 4) is 0 Å². The fourth-order valence-corrected chi connectivity index (χ4v) is 3.27. The molecule has 0 radical (unpaired) electrons. The molecular weight excluding hydrogens is 334 g/mol. The Balaban J connectivity index is 2.03. The first kappa shape index (κ1) is 16.1. The molecule has 1 aliphatic heterocycles. The second-order valence-corrected chi connectivity index (χ2v) is 6.14. The number of carbonyl (C=O) groups excluding carboxylic acids is 1. The van der Waals surface area contributed by atoms with Crippen molar-refractivity contribution in [3.63, 3.8) is 0 Å². The summed E-state index contributed by atoms with van der Waals surface area (Å²) in [6.45, 7) is 3.87. The number of hydrogen-bond donors (Lipinski definition) is 2. The van der Waals surface area contributed by atoms with Gasteiger partial charge in [-0.1, -0.05) is 22.0 Å². The summed E-state index contributed by atoms with van der Waals surface area (Å²) < 4.78 is 5.75. The molecule has 1 fully saturated rings. The zero-order valence-electron chi connectivity index (χ0n) is 12.6. The summed E-state index contributed by atoms with van der Waals surface area (Å²) in [4.78, 5) is 13.5. The Morgan fingerprint density at radius 2 is 2.29 bits per heavy atom. The topological polar surface area (TPSA) is 53.6 Å². The first-order valence-electron chi connectivity index (χ1n) is 7.11. The van der Waals surface area contributed by atoms with Gasteiger partial charge in [0, 0.05) is 29.3 Å². The number of hydrogen-bond acceptors (Lipinski definition) is 4.